The van der Waals surface area contributed by atoms with Crippen LogP contribution in [0.1, 0.15) is 69.9 Å². The van der Waals surface area contributed by atoms with Crippen LogP contribution in [0.25, 0.3) is 0 Å². The second-order valence-electron chi connectivity index (χ2n) is 7.20. The summed E-state index contributed by atoms with van der Waals surface area (Å²) in [6, 6.07) is 0. The number of halogens is 2. The lowest BCUT2D eigenvalue weighted by Crippen LogP contribution is -2.17. The summed E-state index contributed by atoms with van der Waals surface area (Å²) < 4.78 is 1.39. The lowest BCUT2D eigenvalue weighted by atomic mass is 9.73. The molecule has 0 saturated carbocycles. The fraction of sp³-hybridized carbons (Fsp3) is 0.524. The smallest absolute Gasteiger partial charge is 0.137 e. The Morgan fingerprint density at radius 1 is 1.20 bits per heavy atom. The maximum Gasteiger partial charge on any atom is 0.137 e. The number of unbranched alkanes of at least 4 members (excludes halogenated alkanes) is 2. The maximum absolute atomic E-state index is 10.9. The van der Waals surface area contributed by atoms with E-state index >= 15 is 0 Å². The average Bonchev–Trinajstić information content (AvgIpc) is 2.56. The third-order valence-electron chi connectivity index (χ3n) is 5.20. The Bertz CT molecular complexity index is 663. The first kappa shape index (κ1) is 20.6. The van der Waals surface area contributed by atoms with Crippen molar-refractivity contribution in [3.63, 3.8) is 0 Å². The van der Waals surface area contributed by atoms with Gasteiger partial charge in [-0.15, -0.1) is 0 Å². The molecule has 2 nitrogen and oxygen atoms in total. The van der Waals surface area contributed by atoms with Crippen molar-refractivity contribution in [3.05, 3.63) is 43.9 Å². The van der Waals surface area contributed by atoms with E-state index in [1.807, 2.05) is 6.92 Å². The number of aromatic hydroxyl groups is 2. The first-order valence-corrected chi connectivity index (χ1v) is 10.6. The van der Waals surface area contributed by atoms with Crippen LogP contribution in [0.15, 0.2) is 32.7 Å². The molecular weight excluding hydrogens is 444 g/mol. The van der Waals surface area contributed by atoms with Gasteiger partial charge < -0.3 is 10.2 Å². The number of benzene rings is 1. The van der Waals surface area contributed by atoms with E-state index in [2.05, 4.69) is 58.4 Å². The quantitative estimate of drug-likeness (QED) is 0.335. The molecule has 25 heavy (non-hydrogen) atoms. The minimum atomic E-state index is -0.0523. The standard InChI is InChI=1S/C21H28Br2O2/c1-5-6-7-8-15-18(22)20(24)17(21(25)19(15)23)16-11-13(4)9-10-14(16)12(2)3/h11,14,16,24-25H,2,5-10H2,1,3-4H3/t14-,16+/m0/s1. The van der Waals surface area contributed by atoms with Gasteiger partial charge in [0.15, 0.2) is 0 Å². The van der Waals surface area contributed by atoms with Crippen LogP contribution in [0.5, 0.6) is 11.5 Å². The van der Waals surface area contributed by atoms with Gasteiger partial charge in [0.1, 0.15) is 11.5 Å². The lowest BCUT2D eigenvalue weighted by Gasteiger charge is -2.32. The van der Waals surface area contributed by atoms with E-state index in [-0.39, 0.29) is 23.3 Å². The largest absolute Gasteiger partial charge is 0.506 e. The van der Waals surface area contributed by atoms with Crippen molar-refractivity contribution >= 4 is 31.9 Å². The van der Waals surface area contributed by atoms with Gasteiger partial charge in [-0.3, -0.25) is 0 Å². The predicted octanol–water partition coefficient (Wildman–Crippen LogP) is 7.37. The van der Waals surface area contributed by atoms with E-state index in [0.29, 0.717) is 14.5 Å². The van der Waals surface area contributed by atoms with Gasteiger partial charge in [-0.25, -0.2) is 0 Å². The molecule has 2 atom stereocenters. The summed E-state index contributed by atoms with van der Waals surface area (Å²) in [4.78, 5) is 0. The van der Waals surface area contributed by atoms with Crippen LogP contribution < -0.4 is 0 Å². The SMILES string of the molecule is C=C(C)[C@@H]1CCC(C)=C[C@H]1c1c(O)c(Br)c(CCCCC)c(Br)c1O. The van der Waals surface area contributed by atoms with Crippen LogP contribution in [-0.4, -0.2) is 10.2 Å². The van der Waals surface area contributed by atoms with Gasteiger partial charge in [0, 0.05) is 11.5 Å². The molecule has 1 aliphatic carbocycles. The minimum absolute atomic E-state index is 0.0523. The molecule has 0 aromatic heterocycles. The van der Waals surface area contributed by atoms with E-state index in [4.69, 9.17) is 0 Å². The van der Waals surface area contributed by atoms with Crippen molar-refractivity contribution in [1.82, 2.24) is 0 Å². The molecule has 0 fully saturated rings. The van der Waals surface area contributed by atoms with Gasteiger partial charge in [-0.1, -0.05) is 43.6 Å². The summed E-state index contributed by atoms with van der Waals surface area (Å²) in [5.74, 6) is 0.498. The Balaban J connectivity index is 2.54. The van der Waals surface area contributed by atoms with Crippen LogP contribution in [-0.2, 0) is 6.42 Å². The summed E-state index contributed by atoms with van der Waals surface area (Å²) in [5, 5.41) is 21.8. The molecular formula is C21H28Br2O2. The second-order valence-corrected chi connectivity index (χ2v) is 8.79. The summed E-state index contributed by atoms with van der Waals surface area (Å²) in [7, 11) is 0. The fourth-order valence-electron chi connectivity index (χ4n) is 3.72. The van der Waals surface area contributed by atoms with Gasteiger partial charge in [-0.2, -0.15) is 0 Å². The highest BCUT2D eigenvalue weighted by Gasteiger charge is 2.32. The summed E-state index contributed by atoms with van der Waals surface area (Å²) in [5.41, 5.74) is 3.92. The van der Waals surface area contributed by atoms with Crippen molar-refractivity contribution in [2.75, 3.05) is 0 Å². The van der Waals surface area contributed by atoms with Crippen molar-refractivity contribution in [3.8, 4) is 11.5 Å². The summed E-state index contributed by atoms with van der Waals surface area (Å²) >= 11 is 7.15. The normalized spacial score (nSPS) is 20.4. The molecule has 0 heterocycles. The molecule has 0 radical (unpaired) electrons. The number of hydrogen-bond acceptors (Lipinski definition) is 2. The van der Waals surface area contributed by atoms with Gasteiger partial charge >= 0.3 is 0 Å². The molecule has 0 aliphatic heterocycles. The summed E-state index contributed by atoms with van der Waals surface area (Å²) in [6.07, 6.45) is 8.32. The molecule has 1 aromatic carbocycles. The molecule has 2 rings (SSSR count). The van der Waals surface area contributed by atoms with E-state index in [0.717, 1.165) is 49.7 Å². The maximum atomic E-state index is 10.9. The van der Waals surface area contributed by atoms with Crippen molar-refractivity contribution in [2.24, 2.45) is 5.92 Å². The number of phenolic OH excluding ortho intramolecular Hbond substituents is 2. The number of phenols is 2. The average molecular weight is 472 g/mol. The monoisotopic (exact) mass is 470 g/mol. The Kier molecular flexibility index (Phi) is 7.21. The number of rotatable bonds is 6. The zero-order valence-electron chi connectivity index (χ0n) is 15.3. The number of allylic oxidation sites excluding steroid dienone is 3. The molecule has 1 aliphatic rings. The van der Waals surface area contributed by atoms with Crippen molar-refractivity contribution in [2.45, 2.75) is 65.2 Å². The van der Waals surface area contributed by atoms with Crippen molar-refractivity contribution in [1.29, 1.82) is 0 Å². The first-order valence-electron chi connectivity index (χ1n) is 9.03. The third-order valence-corrected chi connectivity index (χ3v) is 6.91. The Morgan fingerprint density at radius 3 is 2.32 bits per heavy atom. The molecule has 0 bridgehead atoms. The van der Waals surface area contributed by atoms with E-state index in [1.54, 1.807) is 0 Å². The lowest BCUT2D eigenvalue weighted by molar-refractivity contribution is 0.402. The van der Waals surface area contributed by atoms with Gasteiger partial charge in [0.25, 0.3) is 0 Å². The molecule has 0 amide bonds. The molecule has 2 N–H and O–H groups in total. The van der Waals surface area contributed by atoms with Crippen LogP contribution >= 0.6 is 31.9 Å². The van der Waals surface area contributed by atoms with Crippen LogP contribution in [0.3, 0.4) is 0 Å². The molecule has 1 aromatic rings. The highest BCUT2D eigenvalue weighted by Crippen LogP contribution is 2.52. The van der Waals surface area contributed by atoms with E-state index in [9.17, 15) is 10.2 Å². The van der Waals surface area contributed by atoms with Gasteiger partial charge in [0.2, 0.25) is 0 Å². The Hall–Kier alpha value is -0.740. The highest BCUT2D eigenvalue weighted by atomic mass is 79.9. The van der Waals surface area contributed by atoms with E-state index < -0.39 is 0 Å². The second kappa shape index (κ2) is 8.77. The van der Waals surface area contributed by atoms with Gasteiger partial charge in [0.05, 0.1) is 8.95 Å². The predicted molar refractivity (Wildman–Crippen MR) is 112 cm³/mol. The first-order chi connectivity index (χ1) is 11.8. The highest BCUT2D eigenvalue weighted by molar-refractivity contribution is 9.11. The van der Waals surface area contributed by atoms with Crippen LogP contribution in [0, 0.1) is 5.92 Å². The van der Waals surface area contributed by atoms with Crippen LogP contribution in [0.2, 0.25) is 0 Å². The molecule has 0 spiro atoms. The summed E-state index contributed by atoms with van der Waals surface area (Å²) in [6.45, 7) is 10.4. The Labute approximate surface area is 168 Å². The van der Waals surface area contributed by atoms with Crippen molar-refractivity contribution < 1.29 is 10.2 Å². The topological polar surface area (TPSA) is 40.5 Å². The molecule has 4 heteroatoms. The molecule has 0 unspecified atom stereocenters. The number of hydrogen-bond donors (Lipinski definition) is 2. The fourth-order valence-corrected chi connectivity index (χ4v) is 5.21. The third kappa shape index (κ3) is 4.33. The molecule has 0 saturated heterocycles. The Morgan fingerprint density at radius 2 is 1.80 bits per heavy atom. The molecule has 138 valence electrons. The zero-order valence-corrected chi connectivity index (χ0v) is 18.5. The van der Waals surface area contributed by atoms with Gasteiger partial charge in [-0.05, 0) is 82.9 Å². The minimum Gasteiger partial charge on any atom is -0.506 e. The zero-order chi connectivity index (χ0) is 18.7. The van der Waals surface area contributed by atoms with E-state index in [1.165, 1.54) is 5.57 Å². The van der Waals surface area contributed by atoms with Crippen LogP contribution in [0.4, 0.5) is 0 Å².